The van der Waals surface area contributed by atoms with Gasteiger partial charge in [0.05, 0.1) is 16.3 Å². The van der Waals surface area contributed by atoms with Gasteiger partial charge in [0.2, 0.25) is 0 Å². The zero-order valence-corrected chi connectivity index (χ0v) is 15.2. The van der Waals surface area contributed by atoms with Gasteiger partial charge in [-0.2, -0.15) is 5.10 Å². The van der Waals surface area contributed by atoms with Crippen LogP contribution < -0.4 is 16.0 Å². The predicted molar refractivity (Wildman–Crippen MR) is 98.1 cm³/mol. The van der Waals surface area contributed by atoms with Gasteiger partial charge >= 0.3 is 6.03 Å². The summed E-state index contributed by atoms with van der Waals surface area (Å²) < 4.78 is 1.62. The number of benzene rings is 1. The largest absolute Gasteiger partial charge is 0.350 e. The number of anilines is 1. The van der Waals surface area contributed by atoms with E-state index in [2.05, 4.69) is 21.0 Å². The molecule has 0 spiro atoms. The fourth-order valence-corrected chi connectivity index (χ4v) is 2.36. The van der Waals surface area contributed by atoms with Crippen molar-refractivity contribution in [1.29, 1.82) is 0 Å². The maximum absolute atomic E-state index is 12.0. The van der Waals surface area contributed by atoms with E-state index in [1.165, 1.54) is 0 Å². The molecule has 0 fully saturated rings. The zero-order chi connectivity index (χ0) is 18.4. The van der Waals surface area contributed by atoms with E-state index in [9.17, 15) is 9.59 Å². The van der Waals surface area contributed by atoms with E-state index in [4.69, 9.17) is 11.6 Å². The SMILES string of the molecule is CC(C)c1cc(NC(=O)NCCNC(=O)c2ccccc2Cl)n(C)n1. The molecule has 1 aromatic carbocycles. The molecular formula is C17H22ClN5O2. The van der Waals surface area contributed by atoms with Crippen LogP contribution in [0.4, 0.5) is 10.6 Å². The topological polar surface area (TPSA) is 88.0 Å². The molecule has 0 aliphatic rings. The second kappa shape index (κ2) is 8.53. The summed E-state index contributed by atoms with van der Waals surface area (Å²) in [4.78, 5) is 23.9. The molecule has 25 heavy (non-hydrogen) atoms. The van der Waals surface area contributed by atoms with Crippen LogP contribution in [0.25, 0.3) is 0 Å². The first kappa shape index (κ1) is 18.8. The highest BCUT2D eigenvalue weighted by Gasteiger charge is 2.11. The van der Waals surface area contributed by atoms with Gasteiger partial charge in [-0.05, 0) is 18.1 Å². The number of amides is 3. The number of carbonyl (C=O) groups is 2. The van der Waals surface area contributed by atoms with Crippen LogP contribution in [0.5, 0.6) is 0 Å². The van der Waals surface area contributed by atoms with Crippen LogP contribution >= 0.6 is 11.6 Å². The van der Waals surface area contributed by atoms with Gasteiger partial charge in [-0.25, -0.2) is 4.79 Å². The molecular weight excluding hydrogens is 342 g/mol. The van der Waals surface area contributed by atoms with Gasteiger partial charge in [-0.3, -0.25) is 14.8 Å². The molecule has 0 aliphatic heterocycles. The van der Waals surface area contributed by atoms with Crippen molar-refractivity contribution in [2.24, 2.45) is 7.05 Å². The van der Waals surface area contributed by atoms with Crippen molar-refractivity contribution >= 4 is 29.4 Å². The zero-order valence-electron chi connectivity index (χ0n) is 14.5. The molecule has 7 nitrogen and oxygen atoms in total. The number of hydrogen-bond acceptors (Lipinski definition) is 3. The van der Waals surface area contributed by atoms with Crippen molar-refractivity contribution in [3.63, 3.8) is 0 Å². The Labute approximate surface area is 151 Å². The van der Waals surface area contributed by atoms with Crippen LogP contribution in [0.2, 0.25) is 5.02 Å². The molecule has 1 heterocycles. The first-order valence-corrected chi connectivity index (χ1v) is 8.37. The van der Waals surface area contributed by atoms with E-state index in [0.717, 1.165) is 5.69 Å². The summed E-state index contributed by atoms with van der Waals surface area (Å²) in [5.74, 6) is 0.618. The molecule has 1 aromatic heterocycles. The Morgan fingerprint density at radius 2 is 1.88 bits per heavy atom. The standard InChI is InChI=1S/C17H22ClN5O2/c1-11(2)14-10-15(23(3)22-14)21-17(25)20-9-8-19-16(24)12-6-4-5-7-13(12)18/h4-7,10-11H,8-9H2,1-3H3,(H,19,24)(H2,20,21,25). The van der Waals surface area contributed by atoms with Crippen LogP contribution in [0, 0.1) is 0 Å². The van der Waals surface area contributed by atoms with E-state index >= 15 is 0 Å². The second-order valence-corrected chi connectivity index (χ2v) is 6.26. The van der Waals surface area contributed by atoms with Crippen molar-refractivity contribution in [3.05, 3.63) is 46.6 Å². The summed E-state index contributed by atoms with van der Waals surface area (Å²) in [6, 6.07) is 8.28. The third-order valence-electron chi connectivity index (χ3n) is 3.55. The van der Waals surface area contributed by atoms with Crippen molar-refractivity contribution in [2.45, 2.75) is 19.8 Å². The molecule has 3 amide bonds. The Bertz CT molecular complexity index is 757. The summed E-state index contributed by atoms with van der Waals surface area (Å²) in [5.41, 5.74) is 1.31. The van der Waals surface area contributed by atoms with Crippen LogP contribution in [0.3, 0.4) is 0 Å². The lowest BCUT2D eigenvalue weighted by Gasteiger charge is -2.09. The maximum atomic E-state index is 12.0. The lowest BCUT2D eigenvalue weighted by Crippen LogP contribution is -2.37. The monoisotopic (exact) mass is 363 g/mol. The van der Waals surface area contributed by atoms with Gasteiger partial charge in [0, 0.05) is 26.2 Å². The molecule has 0 saturated carbocycles. The fourth-order valence-electron chi connectivity index (χ4n) is 2.14. The number of rotatable bonds is 6. The lowest BCUT2D eigenvalue weighted by atomic mass is 10.1. The maximum Gasteiger partial charge on any atom is 0.320 e. The fraction of sp³-hybridized carbons (Fsp3) is 0.353. The van der Waals surface area contributed by atoms with Crippen LogP contribution in [0.1, 0.15) is 35.8 Å². The predicted octanol–water partition coefficient (Wildman–Crippen LogP) is 2.75. The van der Waals surface area contributed by atoms with E-state index in [1.54, 1.807) is 36.0 Å². The van der Waals surface area contributed by atoms with E-state index in [0.29, 0.717) is 22.9 Å². The highest BCUT2D eigenvalue weighted by molar-refractivity contribution is 6.33. The van der Waals surface area contributed by atoms with Crippen molar-refractivity contribution in [3.8, 4) is 0 Å². The van der Waals surface area contributed by atoms with Gasteiger partial charge in [0.1, 0.15) is 5.82 Å². The van der Waals surface area contributed by atoms with Crippen LogP contribution in [-0.2, 0) is 7.05 Å². The average Bonchev–Trinajstić information content (AvgIpc) is 2.93. The summed E-state index contributed by atoms with van der Waals surface area (Å²) in [5, 5.41) is 12.8. The van der Waals surface area contributed by atoms with Gasteiger partial charge in [-0.1, -0.05) is 37.6 Å². The molecule has 8 heteroatoms. The number of carbonyl (C=O) groups excluding carboxylic acids is 2. The molecule has 0 radical (unpaired) electrons. The molecule has 0 unspecified atom stereocenters. The molecule has 3 N–H and O–H groups in total. The molecule has 2 rings (SSSR count). The number of nitrogens with one attached hydrogen (secondary N) is 3. The number of hydrogen-bond donors (Lipinski definition) is 3. The number of aromatic nitrogens is 2. The quantitative estimate of drug-likeness (QED) is 0.689. The molecule has 134 valence electrons. The summed E-state index contributed by atoms with van der Waals surface area (Å²) in [6.45, 7) is 4.65. The normalized spacial score (nSPS) is 10.6. The minimum atomic E-state index is -0.356. The minimum Gasteiger partial charge on any atom is -0.350 e. The molecule has 0 bridgehead atoms. The van der Waals surface area contributed by atoms with E-state index in [-0.39, 0.29) is 24.4 Å². The Kier molecular flexibility index (Phi) is 6.41. The molecule has 0 atom stereocenters. The van der Waals surface area contributed by atoms with E-state index < -0.39 is 0 Å². The van der Waals surface area contributed by atoms with Crippen LogP contribution in [-0.4, -0.2) is 34.8 Å². The Balaban J connectivity index is 1.76. The van der Waals surface area contributed by atoms with Crippen LogP contribution in [0.15, 0.2) is 30.3 Å². The highest BCUT2D eigenvalue weighted by atomic mass is 35.5. The van der Waals surface area contributed by atoms with E-state index in [1.807, 2.05) is 19.9 Å². The molecule has 2 aromatic rings. The summed E-state index contributed by atoms with van der Waals surface area (Å²) >= 11 is 5.96. The first-order valence-electron chi connectivity index (χ1n) is 8.00. The third kappa shape index (κ3) is 5.22. The number of aryl methyl sites for hydroxylation is 1. The highest BCUT2D eigenvalue weighted by Crippen LogP contribution is 2.17. The lowest BCUT2D eigenvalue weighted by molar-refractivity contribution is 0.0954. The first-order chi connectivity index (χ1) is 11.9. The van der Waals surface area contributed by atoms with Gasteiger partial charge in [-0.15, -0.1) is 0 Å². The molecule has 0 saturated heterocycles. The van der Waals surface area contributed by atoms with Crippen molar-refractivity contribution in [2.75, 3.05) is 18.4 Å². The minimum absolute atomic E-state index is 0.277. The smallest absolute Gasteiger partial charge is 0.320 e. The number of halogens is 1. The summed E-state index contributed by atoms with van der Waals surface area (Å²) in [6.07, 6.45) is 0. The third-order valence-corrected chi connectivity index (χ3v) is 3.88. The van der Waals surface area contributed by atoms with Gasteiger partial charge in [0.25, 0.3) is 5.91 Å². The summed E-state index contributed by atoms with van der Waals surface area (Å²) in [7, 11) is 1.77. The Morgan fingerprint density at radius 1 is 1.20 bits per heavy atom. The van der Waals surface area contributed by atoms with Crippen molar-refractivity contribution < 1.29 is 9.59 Å². The number of nitrogens with zero attached hydrogens (tertiary/aromatic N) is 2. The van der Waals surface area contributed by atoms with Gasteiger partial charge in [0.15, 0.2) is 0 Å². The number of urea groups is 1. The molecule has 0 aliphatic carbocycles. The average molecular weight is 364 g/mol. The Hall–Kier alpha value is -2.54. The van der Waals surface area contributed by atoms with Gasteiger partial charge < -0.3 is 10.6 Å². The Morgan fingerprint density at radius 3 is 2.52 bits per heavy atom. The second-order valence-electron chi connectivity index (χ2n) is 5.85. The van der Waals surface area contributed by atoms with Crippen molar-refractivity contribution in [1.82, 2.24) is 20.4 Å².